The van der Waals surface area contributed by atoms with E-state index in [1.165, 1.54) is 76.5 Å². The van der Waals surface area contributed by atoms with E-state index in [4.69, 9.17) is 4.42 Å². The molecule has 0 radical (unpaired) electrons. The van der Waals surface area contributed by atoms with E-state index < -0.39 is 0 Å². The van der Waals surface area contributed by atoms with Crippen molar-refractivity contribution in [1.82, 2.24) is 0 Å². The highest BCUT2D eigenvalue weighted by Crippen LogP contribution is 2.52. The molecule has 1 aliphatic carbocycles. The minimum absolute atomic E-state index is 0.173. The third kappa shape index (κ3) is 5.95. The van der Waals surface area contributed by atoms with Crippen molar-refractivity contribution in [3.8, 4) is 44.5 Å². The number of fused-ring (bicyclic) bond motifs is 11. The predicted molar refractivity (Wildman–Crippen MR) is 275 cm³/mol. The van der Waals surface area contributed by atoms with Gasteiger partial charge in [-0.25, -0.2) is 0 Å². The summed E-state index contributed by atoms with van der Waals surface area (Å²) in [6.45, 7) is 4.75. The molecule has 0 N–H and O–H groups in total. The van der Waals surface area contributed by atoms with Gasteiger partial charge in [0.1, 0.15) is 11.2 Å². The molecule has 0 amide bonds. The molecule has 11 aromatic carbocycles. The van der Waals surface area contributed by atoms with Gasteiger partial charge in [-0.2, -0.15) is 0 Å². The minimum Gasteiger partial charge on any atom is -0.455 e. The van der Waals surface area contributed by atoms with Crippen molar-refractivity contribution in [3.63, 3.8) is 0 Å². The van der Waals surface area contributed by atoms with Gasteiger partial charge in [-0.3, -0.25) is 0 Å². The minimum atomic E-state index is -0.173. The number of nitrogens with zero attached hydrogens (tertiary/aromatic N) is 1. The van der Waals surface area contributed by atoms with Crippen LogP contribution < -0.4 is 4.90 Å². The Morgan fingerprint density at radius 1 is 0.338 bits per heavy atom. The number of furan rings is 1. The first-order chi connectivity index (χ1) is 32.0. The van der Waals surface area contributed by atoms with E-state index in [1.54, 1.807) is 0 Å². The van der Waals surface area contributed by atoms with Crippen molar-refractivity contribution in [2.24, 2.45) is 0 Å². The zero-order valence-electron chi connectivity index (χ0n) is 36.2. The monoisotopic (exact) mass is 829 g/mol. The summed E-state index contributed by atoms with van der Waals surface area (Å²) in [6.07, 6.45) is 0. The second-order valence-electron chi connectivity index (χ2n) is 18.1. The van der Waals surface area contributed by atoms with Gasteiger partial charge in [0.05, 0.1) is 0 Å². The summed E-state index contributed by atoms with van der Waals surface area (Å²) in [5.41, 5.74) is 17.4. The Kier molecular flexibility index (Phi) is 8.29. The molecular formula is C63H43NO. The van der Waals surface area contributed by atoms with E-state index in [1.807, 2.05) is 0 Å². The molecule has 12 aromatic rings. The Bertz CT molecular complexity index is 3840. The van der Waals surface area contributed by atoms with Gasteiger partial charge >= 0.3 is 0 Å². The van der Waals surface area contributed by atoms with Crippen LogP contribution in [0.2, 0.25) is 0 Å². The quantitative estimate of drug-likeness (QED) is 0.166. The third-order valence-corrected chi connectivity index (χ3v) is 14.0. The summed E-state index contributed by atoms with van der Waals surface area (Å²) in [4.78, 5) is 2.41. The number of hydrogen-bond donors (Lipinski definition) is 0. The third-order valence-electron chi connectivity index (χ3n) is 14.0. The molecule has 0 atom stereocenters. The lowest BCUT2D eigenvalue weighted by Crippen LogP contribution is -2.16. The van der Waals surface area contributed by atoms with Gasteiger partial charge in [0.15, 0.2) is 0 Å². The highest BCUT2D eigenvalue weighted by Gasteiger charge is 2.36. The van der Waals surface area contributed by atoms with E-state index in [-0.39, 0.29) is 5.41 Å². The molecule has 2 heteroatoms. The Labute approximate surface area is 378 Å². The van der Waals surface area contributed by atoms with Crippen molar-refractivity contribution >= 4 is 71.3 Å². The van der Waals surface area contributed by atoms with Crippen LogP contribution in [0.25, 0.3) is 98.8 Å². The number of benzene rings is 11. The van der Waals surface area contributed by atoms with Gasteiger partial charge in [0.25, 0.3) is 0 Å². The molecule has 1 heterocycles. The fourth-order valence-corrected chi connectivity index (χ4v) is 10.7. The smallest absolute Gasteiger partial charge is 0.143 e. The topological polar surface area (TPSA) is 16.4 Å². The zero-order chi connectivity index (χ0) is 43.2. The van der Waals surface area contributed by atoms with Gasteiger partial charge in [-0.1, -0.05) is 184 Å². The maximum absolute atomic E-state index is 6.77. The van der Waals surface area contributed by atoms with Gasteiger partial charge in [0, 0.05) is 38.8 Å². The Morgan fingerprint density at radius 3 is 1.63 bits per heavy atom. The van der Waals surface area contributed by atoms with E-state index in [9.17, 15) is 0 Å². The molecule has 0 saturated heterocycles. The molecule has 306 valence electrons. The molecule has 1 aromatic heterocycles. The fraction of sp³-hybridized carbons (Fsp3) is 0.0476. The maximum Gasteiger partial charge on any atom is 0.143 e. The first-order valence-corrected chi connectivity index (χ1v) is 22.6. The molecule has 2 nitrogen and oxygen atoms in total. The summed E-state index contributed by atoms with van der Waals surface area (Å²) in [5, 5.41) is 9.64. The highest BCUT2D eigenvalue weighted by atomic mass is 16.3. The first-order valence-electron chi connectivity index (χ1n) is 22.6. The van der Waals surface area contributed by atoms with Crippen LogP contribution in [0.3, 0.4) is 0 Å². The van der Waals surface area contributed by atoms with Crippen LogP contribution in [0.4, 0.5) is 17.1 Å². The summed E-state index contributed by atoms with van der Waals surface area (Å²) < 4.78 is 6.77. The number of rotatable bonds is 6. The van der Waals surface area contributed by atoms with E-state index in [0.717, 1.165) is 50.5 Å². The zero-order valence-corrected chi connectivity index (χ0v) is 36.2. The van der Waals surface area contributed by atoms with Crippen LogP contribution in [0.5, 0.6) is 0 Å². The summed E-state index contributed by atoms with van der Waals surface area (Å²) in [7, 11) is 0. The number of anilines is 3. The van der Waals surface area contributed by atoms with E-state index in [2.05, 4.69) is 243 Å². The molecule has 1 aliphatic rings. The fourth-order valence-electron chi connectivity index (χ4n) is 10.7. The Balaban J connectivity index is 0.879. The maximum atomic E-state index is 6.77. The van der Waals surface area contributed by atoms with Crippen molar-refractivity contribution in [2.45, 2.75) is 19.3 Å². The molecule has 0 fully saturated rings. The van der Waals surface area contributed by atoms with Crippen molar-refractivity contribution in [2.75, 3.05) is 4.90 Å². The second-order valence-corrected chi connectivity index (χ2v) is 18.1. The van der Waals surface area contributed by atoms with E-state index in [0.29, 0.717) is 0 Å². The second kappa shape index (κ2) is 14.4. The standard InChI is InChI=1S/C63H43NO/c1-63(2)57-38-47(40-12-4-3-5-13-40)27-33-54(57)55-34-32-51(39-58(55)63)64(50-31-26-41-14-6-7-16-46(41)36-50)49-29-24-43(25-30-49)42-20-22-45(23-21-42)56-37-48-17-9-11-19-53(48)61-60-52-18-10-8-15-44(52)28-35-59(60)65-62(56)61/h3-39H,1-2H3. The molecule has 0 unspecified atom stereocenters. The Morgan fingerprint density at radius 2 is 0.862 bits per heavy atom. The van der Waals surface area contributed by atoms with E-state index >= 15 is 0 Å². The molecule has 0 bridgehead atoms. The molecule has 0 saturated carbocycles. The molecule has 65 heavy (non-hydrogen) atoms. The number of hydrogen-bond acceptors (Lipinski definition) is 2. The highest BCUT2D eigenvalue weighted by molar-refractivity contribution is 6.28. The van der Waals surface area contributed by atoms with Crippen LogP contribution in [0, 0.1) is 0 Å². The van der Waals surface area contributed by atoms with Crippen LogP contribution in [0.15, 0.2) is 229 Å². The first kappa shape index (κ1) is 37.4. The average Bonchev–Trinajstić information content (AvgIpc) is 3.87. The molecular weight excluding hydrogens is 787 g/mol. The molecule has 0 spiro atoms. The molecule has 13 rings (SSSR count). The largest absolute Gasteiger partial charge is 0.455 e. The lowest BCUT2D eigenvalue weighted by Gasteiger charge is -2.28. The SMILES string of the molecule is CC1(C)c2cc(-c3ccccc3)ccc2-c2ccc(N(c3ccc(-c4ccc(-c5cc6ccccc6c6c5oc5ccc7ccccc7c56)cc4)cc3)c3ccc4ccccc4c3)cc21. The predicted octanol–water partition coefficient (Wildman–Crippen LogP) is 17.8. The lowest BCUT2D eigenvalue weighted by molar-refractivity contribution is 0.660. The van der Waals surface area contributed by atoms with Crippen LogP contribution in [-0.2, 0) is 5.41 Å². The van der Waals surface area contributed by atoms with Gasteiger partial charge in [0.2, 0.25) is 0 Å². The summed E-state index contributed by atoms with van der Waals surface area (Å²) in [6, 6.07) is 82.1. The molecule has 0 aliphatic heterocycles. The normalized spacial score (nSPS) is 12.9. The van der Waals surface area contributed by atoms with Crippen LogP contribution in [0.1, 0.15) is 25.0 Å². The Hall–Kier alpha value is -8.20. The van der Waals surface area contributed by atoms with Crippen LogP contribution >= 0.6 is 0 Å². The summed E-state index contributed by atoms with van der Waals surface area (Å²) in [5.74, 6) is 0. The van der Waals surface area contributed by atoms with Crippen LogP contribution in [-0.4, -0.2) is 0 Å². The summed E-state index contributed by atoms with van der Waals surface area (Å²) >= 11 is 0. The van der Waals surface area contributed by atoms with Crippen molar-refractivity contribution in [1.29, 1.82) is 0 Å². The lowest BCUT2D eigenvalue weighted by atomic mass is 9.81. The average molecular weight is 830 g/mol. The van der Waals surface area contributed by atoms with Gasteiger partial charge in [-0.15, -0.1) is 0 Å². The van der Waals surface area contributed by atoms with Crippen molar-refractivity contribution < 1.29 is 4.42 Å². The van der Waals surface area contributed by atoms with Crippen molar-refractivity contribution in [3.05, 3.63) is 236 Å². The van der Waals surface area contributed by atoms with Gasteiger partial charge < -0.3 is 9.32 Å². The van der Waals surface area contributed by atoms with Gasteiger partial charge in [-0.05, 0) is 137 Å².